The molecule has 0 saturated carbocycles. The zero-order valence-corrected chi connectivity index (χ0v) is 9.18. The van der Waals surface area contributed by atoms with Crippen LogP contribution in [0.3, 0.4) is 0 Å². The van der Waals surface area contributed by atoms with Crippen LogP contribution in [0, 0.1) is 0 Å². The lowest BCUT2D eigenvalue weighted by atomic mass is 10.2. The second-order valence-corrected chi connectivity index (χ2v) is 2.74. The van der Waals surface area contributed by atoms with Gasteiger partial charge in [0, 0.05) is 0 Å². The van der Waals surface area contributed by atoms with E-state index in [9.17, 15) is 9.59 Å². The number of hydrogen-bond donors (Lipinski definition) is 0. The quantitative estimate of drug-likeness (QED) is 0.534. The summed E-state index contributed by atoms with van der Waals surface area (Å²) in [6.45, 7) is 3.58. The zero-order valence-electron chi connectivity index (χ0n) is 8.43. The summed E-state index contributed by atoms with van der Waals surface area (Å²) in [6, 6.07) is 0. The SMILES string of the molecule is CCOC(=O)/C(Cl)=C(\CC)C(=O)OC. The third kappa shape index (κ3) is 3.38. The summed E-state index contributed by atoms with van der Waals surface area (Å²) in [5.41, 5.74) is 0.132. The van der Waals surface area contributed by atoms with Crippen LogP contribution < -0.4 is 0 Å². The van der Waals surface area contributed by atoms with E-state index in [0.717, 1.165) is 0 Å². The molecule has 0 aromatic heterocycles. The smallest absolute Gasteiger partial charge is 0.350 e. The average molecular weight is 221 g/mol. The Bertz CT molecular complexity index is 258. The molecule has 0 aliphatic rings. The Hall–Kier alpha value is -1.03. The maximum atomic E-state index is 11.1. The van der Waals surface area contributed by atoms with Crippen molar-refractivity contribution < 1.29 is 19.1 Å². The topological polar surface area (TPSA) is 52.6 Å². The number of methoxy groups -OCH3 is 1. The predicted octanol–water partition coefficient (Wildman–Crippen LogP) is 1.63. The fraction of sp³-hybridized carbons (Fsp3) is 0.556. The molecule has 4 nitrogen and oxygen atoms in total. The number of hydrogen-bond acceptors (Lipinski definition) is 4. The van der Waals surface area contributed by atoms with Gasteiger partial charge >= 0.3 is 11.9 Å². The number of carbonyl (C=O) groups is 2. The highest BCUT2D eigenvalue weighted by molar-refractivity contribution is 6.43. The number of ether oxygens (including phenoxy) is 2. The van der Waals surface area contributed by atoms with Crippen LogP contribution in [-0.4, -0.2) is 25.7 Å². The van der Waals surface area contributed by atoms with Gasteiger partial charge in [0.05, 0.1) is 19.3 Å². The molecule has 0 heterocycles. The number of rotatable bonds is 4. The Kier molecular flexibility index (Phi) is 5.95. The molecule has 0 fully saturated rings. The van der Waals surface area contributed by atoms with Gasteiger partial charge in [0.2, 0.25) is 0 Å². The minimum Gasteiger partial charge on any atom is -0.466 e. The van der Waals surface area contributed by atoms with E-state index in [1.807, 2.05) is 0 Å². The first-order valence-corrected chi connectivity index (χ1v) is 4.60. The summed E-state index contributed by atoms with van der Waals surface area (Å²) in [6.07, 6.45) is 0.324. The van der Waals surface area contributed by atoms with E-state index in [0.29, 0.717) is 6.42 Å². The summed E-state index contributed by atoms with van der Waals surface area (Å²) in [5.74, 6) is -1.30. The Labute approximate surface area is 87.8 Å². The van der Waals surface area contributed by atoms with E-state index < -0.39 is 11.9 Å². The Morgan fingerprint density at radius 1 is 1.21 bits per heavy atom. The van der Waals surface area contributed by atoms with Crippen LogP contribution in [-0.2, 0) is 19.1 Å². The van der Waals surface area contributed by atoms with Gasteiger partial charge in [-0.1, -0.05) is 18.5 Å². The van der Waals surface area contributed by atoms with E-state index >= 15 is 0 Å². The van der Waals surface area contributed by atoms with Crippen molar-refractivity contribution in [2.24, 2.45) is 0 Å². The third-order valence-corrected chi connectivity index (χ3v) is 1.89. The maximum absolute atomic E-state index is 11.1. The predicted molar refractivity (Wildman–Crippen MR) is 51.8 cm³/mol. The van der Waals surface area contributed by atoms with Crippen molar-refractivity contribution >= 4 is 23.5 Å². The fourth-order valence-corrected chi connectivity index (χ4v) is 1.10. The molecule has 0 N–H and O–H groups in total. The average Bonchev–Trinajstić information content (AvgIpc) is 2.18. The summed E-state index contributed by atoms with van der Waals surface area (Å²) >= 11 is 5.65. The van der Waals surface area contributed by atoms with Crippen molar-refractivity contribution in [3.63, 3.8) is 0 Å². The van der Waals surface area contributed by atoms with Crippen LogP contribution in [0.5, 0.6) is 0 Å². The van der Waals surface area contributed by atoms with Gasteiger partial charge in [0.1, 0.15) is 5.03 Å². The zero-order chi connectivity index (χ0) is 11.1. The summed E-state index contributed by atoms with van der Waals surface area (Å²) < 4.78 is 9.11. The number of halogens is 1. The normalized spacial score (nSPS) is 11.7. The van der Waals surface area contributed by atoms with Crippen LogP contribution in [0.25, 0.3) is 0 Å². The van der Waals surface area contributed by atoms with E-state index in [1.165, 1.54) is 7.11 Å². The van der Waals surface area contributed by atoms with Crippen molar-refractivity contribution in [2.75, 3.05) is 13.7 Å². The molecule has 14 heavy (non-hydrogen) atoms. The standard InChI is InChI=1S/C9H13ClO4/c1-4-6(8(11)13-3)7(10)9(12)14-5-2/h4-5H2,1-3H3/b7-6-. The van der Waals surface area contributed by atoms with Crippen LogP contribution in [0.2, 0.25) is 0 Å². The van der Waals surface area contributed by atoms with Gasteiger partial charge in [-0.2, -0.15) is 0 Å². The van der Waals surface area contributed by atoms with Crippen LogP contribution in [0.15, 0.2) is 10.6 Å². The van der Waals surface area contributed by atoms with Gasteiger partial charge < -0.3 is 9.47 Å². The lowest BCUT2D eigenvalue weighted by Gasteiger charge is -2.05. The van der Waals surface area contributed by atoms with Crippen LogP contribution in [0.1, 0.15) is 20.3 Å². The highest BCUT2D eigenvalue weighted by Gasteiger charge is 2.19. The molecule has 0 radical (unpaired) electrons. The van der Waals surface area contributed by atoms with Gasteiger partial charge in [-0.15, -0.1) is 0 Å². The number of carbonyl (C=O) groups excluding carboxylic acids is 2. The molecule has 5 heteroatoms. The van der Waals surface area contributed by atoms with Gasteiger partial charge in [-0.05, 0) is 13.3 Å². The Balaban J connectivity index is 4.82. The largest absolute Gasteiger partial charge is 0.466 e. The molecule has 0 atom stereocenters. The van der Waals surface area contributed by atoms with Crippen molar-refractivity contribution in [1.82, 2.24) is 0 Å². The van der Waals surface area contributed by atoms with Gasteiger partial charge in [0.15, 0.2) is 0 Å². The summed E-state index contributed by atoms with van der Waals surface area (Å²) in [4.78, 5) is 22.3. The molecule has 0 aromatic rings. The number of esters is 2. The molecule has 0 bridgehead atoms. The van der Waals surface area contributed by atoms with Gasteiger partial charge in [-0.3, -0.25) is 0 Å². The minimum absolute atomic E-state index is 0.132. The molecule has 0 unspecified atom stereocenters. The first kappa shape index (κ1) is 13.0. The Morgan fingerprint density at radius 3 is 2.14 bits per heavy atom. The second-order valence-electron chi connectivity index (χ2n) is 2.36. The lowest BCUT2D eigenvalue weighted by Crippen LogP contribution is -2.12. The van der Waals surface area contributed by atoms with Crippen molar-refractivity contribution in [3.8, 4) is 0 Å². The highest BCUT2D eigenvalue weighted by Crippen LogP contribution is 2.16. The molecule has 0 aliphatic heterocycles. The molecule has 0 amide bonds. The minimum atomic E-state index is -0.698. The molecule has 0 spiro atoms. The van der Waals surface area contributed by atoms with Gasteiger partial charge in [-0.25, -0.2) is 9.59 Å². The van der Waals surface area contributed by atoms with Crippen molar-refractivity contribution in [1.29, 1.82) is 0 Å². The monoisotopic (exact) mass is 220 g/mol. The molecular formula is C9H13ClO4. The molecule has 0 saturated heterocycles. The molecule has 0 aromatic carbocycles. The van der Waals surface area contributed by atoms with Crippen molar-refractivity contribution in [3.05, 3.63) is 10.6 Å². The molecular weight excluding hydrogens is 208 g/mol. The highest BCUT2D eigenvalue weighted by atomic mass is 35.5. The summed E-state index contributed by atoms with van der Waals surface area (Å²) in [5, 5.41) is -0.207. The lowest BCUT2D eigenvalue weighted by molar-refractivity contribution is -0.140. The molecule has 80 valence electrons. The van der Waals surface area contributed by atoms with Crippen molar-refractivity contribution in [2.45, 2.75) is 20.3 Å². The van der Waals surface area contributed by atoms with E-state index in [2.05, 4.69) is 9.47 Å². The van der Waals surface area contributed by atoms with Crippen LogP contribution in [0.4, 0.5) is 0 Å². The third-order valence-electron chi connectivity index (χ3n) is 1.50. The first-order chi connectivity index (χ1) is 6.58. The molecule has 0 aliphatic carbocycles. The second kappa shape index (κ2) is 6.43. The van der Waals surface area contributed by atoms with E-state index in [1.54, 1.807) is 13.8 Å². The van der Waals surface area contributed by atoms with Crippen LogP contribution >= 0.6 is 11.6 Å². The fourth-order valence-electron chi connectivity index (χ4n) is 0.830. The Morgan fingerprint density at radius 2 is 1.79 bits per heavy atom. The van der Waals surface area contributed by atoms with Gasteiger partial charge in [0.25, 0.3) is 0 Å². The summed E-state index contributed by atoms with van der Waals surface area (Å²) in [7, 11) is 1.23. The van der Waals surface area contributed by atoms with E-state index in [-0.39, 0.29) is 17.2 Å². The molecule has 0 rings (SSSR count). The van der Waals surface area contributed by atoms with E-state index in [4.69, 9.17) is 11.6 Å². The maximum Gasteiger partial charge on any atom is 0.350 e. The first-order valence-electron chi connectivity index (χ1n) is 4.22.